The zero-order valence-electron chi connectivity index (χ0n) is 10.5. The van der Waals surface area contributed by atoms with Gasteiger partial charge >= 0.3 is 0 Å². The van der Waals surface area contributed by atoms with Gasteiger partial charge in [-0.2, -0.15) is 0 Å². The van der Waals surface area contributed by atoms with Crippen LogP contribution in [0.5, 0.6) is 0 Å². The van der Waals surface area contributed by atoms with Crippen LogP contribution in [0.25, 0.3) is 0 Å². The highest BCUT2D eigenvalue weighted by molar-refractivity contribution is 7.12. The van der Waals surface area contributed by atoms with E-state index >= 15 is 0 Å². The molecule has 1 aliphatic rings. The Labute approximate surface area is 117 Å². The van der Waals surface area contributed by atoms with E-state index in [1.165, 1.54) is 11.3 Å². The molecule has 0 aromatic carbocycles. The van der Waals surface area contributed by atoms with Crippen molar-refractivity contribution in [2.75, 3.05) is 13.1 Å². The minimum absolute atomic E-state index is 0.000215. The number of carbonyl (C=O) groups is 1. The largest absolute Gasteiger partial charge is 0.351 e. The Morgan fingerprint density at radius 1 is 1.56 bits per heavy atom. The number of halogens is 1. The first kappa shape index (κ1) is 13.8. The summed E-state index contributed by atoms with van der Waals surface area (Å²) in [6.07, 6.45) is 3.14. The third-order valence-corrected chi connectivity index (χ3v) is 4.91. The Hall–Kier alpha value is -0.580. The predicted octanol–water partition coefficient (Wildman–Crippen LogP) is 2.62. The molecular formula is C13H19ClN2OS. The molecule has 1 saturated carbocycles. The number of carbonyl (C=O) groups excluding carboxylic acids is 1. The Kier molecular flexibility index (Phi) is 4.65. The van der Waals surface area contributed by atoms with Crippen molar-refractivity contribution in [1.82, 2.24) is 10.6 Å². The maximum Gasteiger partial charge on any atom is 0.261 e. The average Bonchev–Trinajstić information content (AvgIpc) is 2.91. The van der Waals surface area contributed by atoms with Gasteiger partial charge in [0, 0.05) is 12.6 Å². The van der Waals surface area contributed by atoms with Gasteiger partial charge in [-0.05, 0) is 44.2 Å². The summed E-state index contributed by atoms with van der Waals surface area (Å²) < 4.78 is 0. The molecule has 2 N–H and O–H groups in total. The van der Waals surface area contributed by atoms with Gasteiger partial charge in [0.05, 0.1) is 9.75 Å². The highest BCUT2D eigenvalue weighted by Gasteiger charge is 2.45. The summed E-state index contributed by atoms with van der Waals surface area (Å²) in [6, 6.07) is 4.08. The van der Waals surface area contributed by atoms with E-state index in [9.17, 15) is 4.79 Å². The molecule has 18 heavy (non-hydrogen) atoms. The van der Waals surface area contributed by atoms with Crippen molar-refractivity contribution in [3.8, 4) is 0 Å². The Morgan fingerprint density at radius 3 is 2.94 bits per heavy atom. The van der Waals surface area contributed by atoms with Gasteiger partial charge in [0.25, 0.3) is 5.91 Å². The van der Waals surface area contributed by atoms with Gasteiger partial charge in [0.2, 0.25) is 0 Å². The highest BCUT2D eigenvalue weighted by atomic mass is 35.5. The molecule has 1 fully saturated rings. The Bertz CT molecular complexity index is 390. The lowest BCUT2D eigenvalue weighted by atomic mass is 10.2. The molecule has 100 valence electrons. The van der Waals surface area contributed by atoms with Crippen LogP contribution in [-0.2, 0) is 0 Å². The van der Waals surface area contributed by atoms with E-state index in [1.807, 2.05) is 17.5 Å². The molecular weight excluding hydrogens is 268 g/mol. The molecule has 0 aliphatic heterocycles. The topological polar surface area (TPSA) is 41.1 Å². The van der Waals surface area contributed by atoms with Crippen LogP contribution in [0, 0.1) is 0 Å². The normalized spacial score (nSPS) is 18.3. The third kappa shape index (κ3) is 3.70. The maximum absolute atomic E-state index is 11.6. The minimum atomic E-state index is 0.000215. The fourth-order valence-corrected chi connectivity index (χ4v) is 2.65. The fraction of sp³-hybridized carbons (Fsp3) is 0.615. The number of nitrogens with one attached hydrogen (secondary N) is 2. The quantitative estimate of drug-likeness (QED) is 0.598. The van der Waals surface area contributed by atoms with Crippen LogP contribution in [-0.4, -0.2) is 29.9 Å². The maximum atomic E-state index is 11.6. The van der Waals surface area contributed by atoms with E-state index in [0.717, 1.165) is 30.7 Å². The SMILES string of the molecule is CC(NCCCNC(=O)c1cccs1)C1(Cl)CC1. The van der Waals surface area contributed by atoms with Crippen LogP contribution >= 0.6 is 22.9 Å². The summed E-state index contributed by atoms with van der Waals surface area (Å²) >= 11 is 7.76. The van der Waals surface area contributed by atoms with Gasteiger partial charge in [-0.3, -0.25) is 4.79 Å². The smallest absolute Gasteiger partial charge is 0.261 e. The molecule has 1 aromatic heterocycles. The predicted molar refractivity (Wildman–Crippen MR) is 76.6 cm³/mol. The lowest BCUT2D eigenvalue weighted by Crippen LogP contribution is -2.37. The summed E-state index contributed by atoms with van der Waals surface area (Å²) in [5.74, 6) is 0.0223. The van der Waals surface area contributed by atoms with E-state index < -0.39 is 0 Å². The molecule has 0 spiro atoms. The van der Waals surface area contributed by atoms with Crippen LogP contribution in [0.1, 0.15) is 35.9 Å². The van der Waals surface area contributed by atoms with Crippen molar-refractivity contribution >= 4 is 28.8 Å². The van der Waals surface area contributed by atoms with Crippen LogP contribution in [0.4, 0.5) is 0 Å². The summed E-state index contributed by atoms with van der Waals surface area (Å²) in [5.41, 5.74) is 0. The molecule has 1 amide bonds. The monoisotopic (exact) mass is 286 g/mol. The summed E-state index contributed by atoms with van der Waals surface area (Å²) in [4.78, 5) is 12.4. The van der Waals surface area contributed by atoms with E-state index in [1.54, 1.807) is 0 Å². The number of hydrogen-bond donors (Lipinski definition) is 2. The average molecular weight is 287 g/mol. The van der Waals surface area contributed by atoms with Crippen LogP contribution < -0.4 is 10.6 Å². The summed E-state index contributed by atoms with van der Waals surface area (Å²) in [5, 5.41) is 8.23. The fourth-order valence-electron chi connectivity index (χ4n) is 1.84. The van der Waals surface area contributed by atoms with Crippen molar-refractivity contribution in [1.29, 1.82) is 0 Å². The first-order chi connectivity index (χ1) is 8.62. The number of alkyl halides is 1. The van der Waals surface area contributed by atoms with Gasteiger partial charge in [0.15, 0.2) is 0 Å². The van der Waals surface area contributed by atoms with Crippen molar-refractivity contribution < 1.29 is 4.79 Å². The van der Waals surface area contributed by atoms with Gasteiger partial charge in [-0.25, -0.2) is 0 Å². The van der Waals surface area contributed by atoms with Gasteiger partial charge < -0.3 is 10.6 Å². The van der Waals surface area contributed by atoms with Gasteiger partial charge in [-0.15, -0.1) is 22.9 Å². The van der Waals surface area contributed by atoms with E-state index in [-0.39, 0.29) is 10.8 Å². The second kappa shape index (κ2) is 6.04. The minimum Gasteiger partial charge on any atom is -0.351 e. The van der Waals surface area contributed by atoms with Crippen molar-refractivity contribution in [3.63, 3.8) is 0 Å². The molecule has 3 nitrogen and oxygen atoms in total. The number of hydrogen-bond acceptors (Lipinski definition) is 3. The molecule has 1 unspecified atom stereocenters. The number of thiophene rings is 1. The zero-order valence-corrected chi connectivity index (χ0v) is 12.1. The van der Waals surface area contributed by atoms with E-state index in [0.29, 0.717) is 12.6 Å². The molecule has 2 rings (SSSR count). The molecule has 0 bridgehead atoms. The van der Waals surface area contributed by atoms with Crippen LogP contribution in [0.15, 0.2) is 17.5 Å². The van der Waals surface area contributed by atoms with Gasteiger partial charge in [-0.1, -0.05) is 6.07 Å². The van der Waals surface area contributed by atoms with Gasteiger partial charge in [0.1, 0.15) is 0 Å². The second-order valence-corrected chi connectivity index (χ2v) is 6.50. The lowest BCUT2D eigenvalue weighted by Gasteiger charge is -2.18. The molecule has 0 saturated heterocycles. The molecule has 1 aromatic rings. The third-order valence-electron chi connectivity index (χ3n) is 3.34. The first-order valence-electron chi connectivity index (χ1n) is 6.36. The van der Waals surface area contributed by atoms with Crippen LogP contribution in [0.3, 0.4) is 0 Å². The number of rotatable bonds is 7. The zero-order chi connectivity index (χ0) is 13.0. The highest BCUT2D eigenvalue weighted by Crippen LogP contribution is 2.45. The summed E-state index contributed by atoms with van der Waals surface area (Å²) in [7, 11) is 0. The molecule has 1 aliphatic carbocycles. The second-order valence-electron chi connectivity index (χ2n) is 4.80. The first-order valence-corrected chi connectivity index (χ1v) is 7.61. The Balaban J connectivity index is 1.55. The van der Waals surface area contributed by atoms with E-state index in [4.69, 9.17) is 11.6 Å². The molecule has 1 heterocycles. The van der Waals surface area contributed by atoms with Crippen LogP contribution in [0.2, 0.25) is 0 Å². The molecule has 5 heteroatoms. The Morgan fingerprint density at radius 2 is 2.33 bits per heavy atom. The van der Waals surface area contributed by atoms with Crippen molar-refractivity contribution in [2.24, 2.45) is 0 Å². The number of amides is 1. The molecule has 1 atom stereocenters. The van der Waals surface area contributed by atoms with E-state index in [2.05, 4.69) is 17.6 Å². The van der Waals surface area contributed by atoms with Crippen molar-refractivity contribution in [3.05, 3.63) is 22.4 Å². The summed E-state index contributed by atoms with van der Waals surface area (Å²) in [6.45, 7) is 3.72. The molecule has 0 radical (unpaired) electrons. The van der Waals surface area contributed by atoms with Crippen molar-refractivity contribution in [2.45, 2.75) is 37.1 Å². The standard InChI is InChI=1S/C13H19ClN2OS/c1-10(13(14)5-6-13)15-7-3-8-16-12(17)11-4-2-9-18-11/h2,4,9-10,15H,3,5-8H2,1H3,(H,16,17). The lowest BCUT2D eigenvalue weighted by molar-refractivity contribution is 0.0957.